The van der Waals surface area contributed by atoms with Crippen LogP contribution in [0.2, 0.25) is 0 Å². The molecule has 0 amide bonds. The van der Waals surface area contributed by atoms with Crippen LogP contribution in [0.15, 0.2) is 6.33 Å². The van der Waals surface area contributed by atoms with E-state index in [1.54, 1.807) is 0 Å². The lowest BCUT2D eigenvalue weighted by Crippen LogP contribution is -2.10. The third kappa shape index (κ3) is 2.21. The van der Waals surface area contributed by atoms with Gasteiger partial charge in [-0.05, 0) is 0 Å². The van der Waals surface area contributed by atoms with E-state index in [2.05, 4.69) is 19.7 Å². The van der Waals surface area contributed by atoms with Gasteiger partial charge in [-0.25, -0.2) is 19.7 Å². The topological polar surface area (TPSA) is 65.0 Å². The van der Waals surface area contributed by atoms with Gasteiger partial charge in [0.25, 0.3) is 0 Å². The number of rotatable bonds is 2. The average Bonchev–Trinajstić information content (AvgIpc) is 2.17. The second-order valence-electron chi connectivity index (χ2n) is 2.81. The molecule has 1 aromatic rings. The van der Waals surface area contributed by atoms with Crippen LogP contribution in [0, 0.1) is 0 Å². The Morgan fingerprint density at radius 3 is 2.69 bits per heavy atom. The number of hydrogen-bond acceptors (Lipinski definition) is 5. The lowest BCUT2D eigenvalue weighted by Gasteiger charge is -2.02. The van der Waals surface area contributed by atoms with Gasteiger partial charge in [-0.15, -0.1) is 0 Å². The molecular weight excluding hydrogens is 170 g/mol. The second-order valence-corrected chi connectivity index (χ2v) is 2.81. The fourth-order valence-electron chi connectivity index (χ4n) is 0.777. The van der Waals surface area contributed by atoms with Crippen LogP contribution in [0.3, 0.4) is 0 Å². The summed E-state index contributed by atoms with van der Waals surface area (Å²) in [5.74, 6) is 0.285. The molecule has 0 aliphatic rings. The normalized spacial score (nSPS) is 10.2. The van der Waals surface area contributed by atoms with Crippen molar-refractivity contribution in [3.8, 4) is 0 Å². The Kier molecular flexibility index (Phi) is 2.89. The number of carbonyl (C=O) groups excluding carboxylic acids is 1. The number of methoxy groups -OCH3 is 1. The van der Waals surface area contributed by atoms with E-state index in [0.717, 1.165) is 0 Å². The molecule has 0 atom stereocenters. The number of nitrogens with zero attached hydrogens (tertiary/aromatic N) is 3. The minimum Gasteiger partial charge on any atom is -0.463 e. The highest BCUT2D eigenvalue weighted by Crippen LogP contribution is 2.06. The molecule has 1 rings (SSSR count). The van der Waals surface area contributed by atoms with Crippen LogP contribution in [0.25, 0.3) is 0 Å². The number of ether oxygens (including phenoxy) is 1. The Bertz CT molecular complexity index is 312. The predicted octanol–water partition coefficient (Wildman–Crippen LogP) is 0.782. The summed E-state index contributed by atoms with van der Waals surface area (Å²) in [5, 5.41) is 0. The molecule has 5 nitrogen and oxygen atoms in total. The maximum Gasteiger partial charge on any atom is 0.376 e. The molecule has 0 saturated carbocycles. The first-order valence-electron chi connectivity index (χ1n) is 3.92. The quantitative estimate of drug-likeness (QED) is 0.631. The predicted molar refractivity (Wildman–Crippen MR) is 45.3 cm³/mol. The Hall–Kier alpha value is -1.52. The van der Waals surface area contributed by atoms with Gasteiger partial charge < -0.3 is 4.74 Å². The van der Waals surface area contributed by atoms with Crippen LogP contribution in [-0.2, 0) is 4.74 Å². The minimum atomic E-state index is -0.538. The SMILES string of the molecule is COC(=O)c1ncnc(C(C)C)n1. The van der Waals surface area contributed by atoms with E-state index in [4.69, 9.17) is 0 Å². The third-order valence-corrected chi connectivity index (χ3v) is 1.47. The highest BCUT2D eigenvalue weighted by molar-refractivity contribution is 5.84. The van der Waals surface area contributed by atoms with E-state index in [1.165, 1.54) is 13.4 Å². The van der Waals surface area contributed by atoms with Crippen molar-refractivity contribution in [1.82, 2.24) is 15.0 Å². The van der Waals surface area contributed by atoms with Gasteiger partial charge in [0, 0.05) is 5.92 Å². The molecule has 0 radical (unpaired) electrons. The third-order valence-electron chi connectivity index (χ3n) is 1.47. The molecule has 0 fully saturated rings. The van der Waals surface area contributed by atoms with Crippen LogP contribution in [0.4, 0.5) is 0 Å². The van der Waals surface area contributed by atoms with Gasteiger partial charge in [-0.3, -0.25) is 0 Å². The monoisotopic (exact) mass is 181 g/mol. The van der Waals surface area contributed by atoms with Gasteiger partial charge in [-0.2, -0.15) is 0 Å². The number of carbonyl (C=O) groups is 1. The zero-order valence-corrected chi connectivity index (χ0v) is 7.81. The molecule has 0 saturated heterocycles. The molecule has 0 aromatic carbocycles. The molecule has 0 bridgehead atoms. The van der Waals surface area contributed by atoms with E-state index in [0.29, 0.717) is 5.82 Å². The van der Waals surface area contributed by atoms with Crippen molar-refractivity contribution in [3.05, 3.63) is 18.0 Å². The lowest BCUT2D eigenvalue weighted by molar-refractivity contribution is 0.0585. The summed E-state index contributed by atoms with van der Waals surface area (Å²) >= 11 is 0. The van der Waals surface area contributed by atoms with Crippen molar-refractivity contribution in [2.45, 2.75) is 19.8 Å². The van der Waals surface area contributed by atoms with Crippen LogP contribution in [-0.4, -0.2) is 28.0 Å². The largest absolute Gasteiger partial charge is 0.463 e. The van der Waals surface area contributed by atoms with E-state index >= 15 is 0 Å². The van der Waals surface area contributed by atoms with Crippen molar-refractivity contribution in [2.75, 3.05) is 7.11 Å². The van der Waals surface area contributed by atoms with Crippen molar-refractivity contribution in [1.29, 1.82) is 0 Å². The van der Waals surface area contributed by atoms with Gasteiger partial charge >= 0.3 is 5.97 Å². The van der Waals surface area contributed by atoms with Crippen molar-refractivity contribution in [3.63, 3.8) is 0 Å². The molecule has 1 aromatic heterocycles. The molecule has 1 heterocycles. The Morgan fingerprint density at radius 1 is 1.46 bits per heavy atom. The summed E-state index contributed by atoms with van der Waals surface area (Å²) in [7, 11) is 1.29. The maximum absolute atomic E-state index is 11.0. The van der Waals surface area contributed by atoms with E-state index in [1.807, 2.05) is 13.8 Å². The van der Waals surface area contributed by atoms with Gasteiger partial charge in [0.1, 0.15) is 12.2 Å². The van der Waals surface area contributed by atoms with Crippen molar-refractivity contribution >= 4 is 5.97 Å². The Morgan fingerprint density at radius 2 is 2.15 bits per heavy atom. The molecule has 0 aliphatic heterocycles. The molecule has 0 unspecified atom stereocenters. The van der Waals surface area contributed by atoms with Gasteiger partial charge in [0.15, 0.2) is 0 Å². The fraction of sp³-hybridized carbons (Fsp3) is 0.500. The minimum absolute atomic E-state index is 0.0567. The summed E-state index contributed by atoms with van der Waals surface area (Å²) < 4.78 is 4.48. The first-order valence-corrected chi connectivity index (χ1v) is 3.92. The molecular formula is C8H11N3O2. The first kappa shape index (κ1) is 9.57. The summed E-state index contributed by atoms with van der Waals surface area (Å²) in [5.41, 5.74) is 0. The smallest absolute Gasteiger partial charge is 0.376 e. The number of hydrogen-bond donors (Lipinski definition) is 0. The maximum atomic E-state index is 11.0. The van der Waals surface area contributed by atoms with Crippen LogP contribution >= 0.6 is 0 Å². The van der Waals surface area contributed by atoms with E-state index in [-0.39, 0.29) is 11.7 Å². The number of esters is 1. The summed E-state index contributed by atoms with van der Waals surface area (Å²) in [6, 6.07) is 0. The fourth-order valence-corrected chi connectivity index (χ4v) is 0.777. The molecule has 70 valence electrons. The second kappa shape index (κ2) is 3.93. The highest BCUT2D eigenvalue weighted by Gasteiger charge is 2.11. The molecule has 13 heavy (non-hydrogen) atoms. The Balaban J connectivity index is 2.98. The van der Waals surface area contributed by atoms with E-state index in [9.17, 15) is 4.79 Å². The average molecular weight is 181 g/mol. The lowest BCUT2D eigenvalue weighted by atomic mass is 10.2. The van der Waals surface area contributed by atoms with Gasteiger partial charge in [0.2, 0.25) is 5.82 Å². The van der Waals surface area contributed by atoms with Crippen molar-refractivity contribution in [2.24, 2.45) is 0 Å². The summed E-state index contributed by atoms with van der Waals surface area (Å²) in [6.45, 7) is 3.88. The standard InChI is InChI=1S/C8H11N3O2/c1-5(2)6-9-4-10-7(11-6)8(12)13-3/h4-5H,1-3H3. The van der Waals surface area contributed by atoms with Crippen LogP contribution < -0.4 is 0 Å². The summed E-state index contributed by atoms with van der Waals surface area (Å²) in [6.07, 6.45) is 1.31. The highest BCUT2D eigenvalue weighted by atomic mass is 16.5. The zero-order chi connectivity index (χ0) is 9.84. The van der Waals surface area contributed by atoms with Gasteiger partial charge in [0.05, 0.1) is 7.11 Å². The van der Waals surface area contributed by atoms with E-state index < -0.39 is 5.97 Å². The zero-order valence-electron chi connectivity index (χ0n) is 7.81. The van der Waals surface area contributed by atoms with Crippen molar-refractivity contribution < 1.29 is 9.53 Å². The Labute approximate surface area is 76.2 Å². The first-order chi connectivity index (χ1) is 6.15. The molecule has 5 heteroatoms. The molecule has 0 spiro atoms. The summed E-state index contributed by atoms with van der Waals surface area (Å²) in [4.78, 5) is 22.6. The molecule has 0 N–H and O–H groups in total. The van der Waals surface area contributed by atoms with Crippen LogP contribution in [0.5, 0.6) is 0 Å². The molecule has 0 aliphatic carbocycles. The number of aromatic nitrogens is 3. The van der Waals surface area contributed by atoms with Crippen LogP contribution in [0.1, 0.15) is 36.2 Å². The van der Waals surface area contributed by atoms with Gasteiger partial charge in [-0.1, -0.05) is 13.8 Å².